The molecule has 0 fully saturated rings. The molecule has 0 aliphatic rings. The third-order valence-electron chi connectivity index (χ3n) is 3.61. The average Bonchev–Trinajstić information content (AvgIpc) is 3.09. The van der Waals surface area contributed by atoms with Crippen LogP contribution in [0.3, 0.4) is 0 Å². The van der Waals surface area contributed by atoms with Gasteiger partial charge in [0.15, 0.2) is 0 Å². The van der Waals surface area contributed by atoms with Gasteiger partial charge in [0, 0.05) is 30.9 Å². The van der Waals surface area contributed by atoms with E-state index in [4.69, 9.17) is 0 Å². The lowest BCUT2D eigenvalue weighted by Gasteiger charge is -2.10. The van der Waals surface area contributed by atoms with Crippen molar-refractivity contribution in [3.8, 4) is 5.69 Å². The van der Waals surface area contributed by atoms with Gasteiger partial charge in [-0.25, -0.2) is 0 Å². The van der Waals surface area contributed by atoms with Gasteiger partial charge in [0.25, 0.3) is 5.69 Å². The van der Waals surface area contributed by atoms with E-state index in [1.165, 1.54) is 6.07 Å². The summed E-state index contributed by atoms with van der Waals surface area (Å²) in [5, 5.41) is 28.8. The zero-order chi connectivity index (χ0) is 17.6. The van der Waals surface area contributed by atoms with Gasteiger partial charge in [0.1, 0.15) is 0 Å². The van der Waals surface area contributed by atoms with Gasteiger partial charge >= 0.3 is 0 Å². The summed E-state index contributed by atoms with van der Waals surface area (Å²) in [6, 6.07) is 14.3. The second-order valence-electron chi connectivity index (χ2n) is 5.36. The molecule has 0 radical (unpaired) electrons. The molecule has 2 N–H and O–H groups in total. The van der Waals surface area contributed by atoms with Crippen LogP contribution in [0.25, 0.3) is 5.69 Å². The Morgan fingerprint density at radius 2 is 1.88 bits per heavy atom. The van der Waals surface area contributed by atoms with Crippen LogP contribution in [0.1, 0.15) is 5.56 Å². The molecule has 0 saturated carbocycles. The summed E-state index contributed by atoms with van der Waals surface area (Å²) in [6.07, 6.45) is 0. The lowest BCUT2D eigenvalue weighted by molar-refractivity contribution is -0.384. The van der Waals surface area contributed by atoms with E-state index < -0.39 is 4.92 Å². The first-order valence-electron chi connectivity index (χ1n) is 7.72. The molecule has 1 heterocycles. The number of para-hydroxylation sites is 1. The van der Waals surface area contributed by atoms with Gasteiger partial charge in [0.05, 0.1) is 10.6 Å². The maximum absolute atomic E-state index is 10.8. The molecule has 3 rings (SSSR count). The number of nitro groups is 1. The highest BCUT2D eigenvalue weighted by atomic mass is 16.6. The number of hydrogen-bond acceptors (Lipinski definition) is 7. The van der Waals surface area contributed by atoms with Crippen LogP contribution < -0.4 is 10.6 Å². The minimum absolute atomic E-state index is 0.0863. The zero-order valence-corrected chi connectivity index (χ0v) is 13.6. The maximum atomic E-state index is 10.8. The highest BCUT2D eigenvalue weighted by Gasteiger charge is 2.09. The normalized spacial score (nSPS) is 10.4. The number of nitro benzene ring substituents is 1. The largest absolute Gasteiger partial charge is 0.383 e. The lowest BCUT2D eigenvalue weighted by atomic mass is 10.2. The Bertz CT molecular complexity index is 864. The van der Waals surface area contributed by atoms with E-state index in [1.807, 2.05) is 37.3 Å². The quantitative estimate of drug-likeness (QED) is 0.386. The summed E-state index contributed by atoms with van der Waals surface area (Å²) in [6.45, 7) is 3.03. The van der Waals surface area contributed by atoms with Crippen LogP contribution in [-0.2, 0) is 0 Å². The molecule has 9 nitrogen and oxygen atoms in total. The number of anilines is 2. The topological polar surface area (TPSA) is 111 Å². The van der Waals surface area contributed by atoms with Crippen LogP contribution in [-0.4, -0.2) is 38.2 Å². The molecule has 0 atom stereocenters. The van der Waals surface area contributed by atoms with E-state index in [2.05, 4.69) is 26.2 Å². The van der Waals surface area contributed by atoms with Crippen molar-refractivity contribution < 1.29 is 4.92 Å². The fourth-order valence-electron chi connectivity index (χ4n) is 2.37. The molecule has 0 aliphatic heterocycles. The van der Waals surface area contributed by atoms with E-state index in [-0.39, 0.29) is 5.69 Å². The van der Waals surface area contributed by atoms with Gasteiger partial charge in [-0.3, -0.25) is 10.1 Å². The number of benzene rings is 2. The van der Waals surface area contributed by atoms with Crippen LogP contribution in [0.4, 0.5) is 17.3 Å². The van der Waals surface area contributed by atoms with E-state index in [0.717, 1.165) is 16.9 Å². The molecular weight excluding hydrogens is 322 g/mol. The maximum Gasteiger partial charge on any atom is 0.269 e. The molecule has 25 heavy (non-hydrogen) atoms. The van der Waals surface area contributed by atoms with E-state index in [0.29, 0.717) is 19.0 Å². The summed E-state index contributed by atoms with van der Waals surface area (Å²) in [5.74, 6) is 0.549. The first kappa shape index (κ1) is 16.4. The monoisotopic (exact) mass is 339 g/mol. The van der Waals surface area contributed by atoms with Crippen molar-refractivity contribution in [3.63, 3.8) is 0 Å². The summed E-state index contributed by atoms with van der Waals surface area (Å²) in [5.41, 5.74) is 2.63. The molecule has 0 amide bonds. The second-order valence-corrected chi connectivity index (χ2v) is 5.36. The van der Waals surface area contributed by atoms with Crippen LogP contribution in [0.15, 0.2) is 48.5 Å². The second kappa shape index (κ2) is 7.39. The molecule has 2 aromatic carbocycles. The van der Waals surface area contributed by atoms with E-state index in [1.54, 1.807) is 16.8 Å². The molecule has 0 bridgehead atoms. The fraction of sp³-hybridized carbons (Fsp3) is 0.188. The Kier molecular flexibility index (Phi) is 4.84. The first-order valence-corrected chi connectivity index (χ1v) is 7.72. The van der Waals surface area contributed by atoms with Gasteiger partial charge < -0.3 is 10.6 Å². The number of aryl methyl sites for hydroxylation is 1. The molecule has 1 aromatic heterocycles. The van der Waals surface area contributed by atoms with Gasteiger partial charge in [-0.2, -0.15) is 4.68 Å². The minimum atomic E-state index is -0.401. The molecule has 0 saturated heterocycles. The fourth-order valence-corrected chi connectivity index (χ4v) is 2.37. The Morgan fingerprint density at radius 1 is 1.12 bits per heavy atom. The third-order valence-corrected chi connectivity index (χ3v) is 3.61. The van der Waals surface area contributed by atoms with Gasteiger partial charge in [-0.15, -0.1) is 0 Å². The summed E-state index contributed by atoms with van der Waals surface area (Å²) in [7, 11) is 0. The van der Waals surface area contributed by atoms with Gasteiger partial charge in [-0.05, 0) is 41.1 Å². The number of nitrogens with one attached hydrogen (secondary N) is 2. The Hall–Kier alpha value is -3.49. The number of hydrogen-bond donors (Lipinski definition) is 2. The molecule has 0 spiro atoms. The van der Waals surface area contributed by atoms with Crippen molar-refractivity contribution in [1.82, 2.24) is 20.2 Å². The van der Waals surface area contributed by atoms with Crippen molar-refractivity contribution in [2.75, 3.05) is 23.7 Å². The van der Waals surface area contributed by atoms with Crippen LogP contribution in [0.2, 0.25) is 0 Å². The van der Waals surface area contributed by atoms with Crippen LogP contribution in [0.5, 0.6) is 0 Å². The van der Waals surface area contributed by atoms with Crippen molar-refractivity contribution >= 4 is 17.3 Å². The third kappa shape index (κ3) is 3.89. The lowest BCUT2D eigenvalue weighted by Crippen LogP contribution is -2.16. The molecule has 128 valence electrons. The number of rotatable bonds is 7. The summed E-state index contributed by atoms with van der Waals surface area (Å²) >= 11 is 0. The Morgan fingerprint density at radius 3 is 2.60 bits per heavy atom. The Balaban J connectivity index is 1.56. The zero-order valence-electron chi connectivity index (χ0n) is 13.6. The van der Waals surface area contributed by atoms with Crippen molar-refractivity contribution in [3.05, 3.63) is 64.2 Å². The number of aromatic nitrogens is 4. The average molecular weight is 339 g/mol. The molecule has 9 heteroatoms. The van der Waals surface area contributed by atoms with Gasteiger partial charge in [-0.1, -0.05) is 23.3 Å². The van der Waals surface area contributed by atoms with E-state index in [9.17, 15) is 10.1 Å². The molecule has 0 aliphatic carbocycles. The predicted octanol–water partition coefficient (Wildman–Crippen LogP) is 2.40. The number of nitrogens with zero attached hydrogens (tertiary/aromatic N) is 5. The highest BCUT2D eigenvalue weighted by molar-refractivity contribution is 5.55. The van der Waals surface area contributed by atoms with Crippen molar-refractivity contribution in [2.24, 2.45) is 0 Å². The predicted molar refractivity (Wildman–Crippen MR) is 94.0 cm³/mol. The standard InChI is InChI=1S/C16H17N7O2/c1-12-11-14(23(24)25)7-8-15(12)17-9-10-18-16-19-20-21-22(16)13-5-3-2-4-6-13/h2-8,11,17H,9-10H2,1H3,(H,18,19,21). The molecule has 3 aromatic rings. The molecular formula is C16H17N7O2. The molecule has 0 unspecified atom stereocenters. The first-order chi connectivity index (χ1) is 12.1. The minimum Gasteiger partial charge on any atom is -0.383 e. The van der Waals surface area contributed by atoms with Crippen molar-refractivity contribution in [1.29, 1.82) is 0 Å². The SMILES string of the molecule is Cc1cc([N+](=O)[O-])ccc1NCCNc1nnnn1-c1ccccc1. The van der Waals surface area contributed by atoms with E-state index >= 15 is 0 Å². The Labute approximate surface area is 143 Å². The summed E-state index contributed by atoms with van der Waals surface area (Å²) < 4.78 is 1.62. The highest BCUT2D eigenvalue weighted by Crippen LogP contribution is 2.20. The van der Waals surface area contributed by atoms with Crippen LogP contribution >= 0.6 is 0 Å². The van der Waals surface area contributed by atoms with Gasteiger partial charge in [0.2, 0.25) is 5.95 Å². The smallest absolute Gasteiger partial charge is 0.269 e. The number of non-ortho nitro benzene ring substituents is 1. The number of tetrazole rings is 1. The summed E-state index contributed by atoms with van der Waals surface area (Å²) in [4.78, 5) is 10.4. The van der Waals surface area contributed by atoms with Crippen molar-refractivity contribution in [2.45, 2.75) is 6.92 Å². The van der Waals surface area contributed by atoms with Crippen LogP contribution in [0, 0.1) is 17.0 Å².